The van der Waals surface area contributed by atoms with E-state index in [0.29, 0.717) is 0 Å². The molecule has 1 aromatic rings. The highest BCUT2D eigenvalue weighted by Crippen LogP contribution is 2.22. The first-order valence-electron chi connectivity index (χ1n) is 4.86. The topological polar surface area (TPSA) is 97.5 Å². The normalized spacial score (nSPS) is 13.3. The average Bonchev–Trinajstić information content (AvgIpc) is 2.13. The molecule has 0 heterocycles. The number of rotatable bonds is 5. The lowest BCUT2D eigenvalue weighted by molar-refractivity contribution is 0.0695. The number of sulfonamides is 1. The van der Waals surface area contributed by atoms with Crippen molar-refractivity contribution in [2.75, 3.05) is 5.75 Å². The lowest BCUT2D eigenvalue weighted by Gasteiger charge is -2.10. The van der Waals surface area contributed by atoms with Crippen LogP contribution in [0.15, 0.2) is 18.2 Å². The van der Waals surface area contributed by atoms with E-state index in [2.05, 4.69) is 0 Å². The molecule has 1 aromatic carbocycles. The molecule has 0 bridgehead atoms. The van der Waals surface area contributed by atoms with Crippen LogP contribution in [0.25, 0.3) is 0 Å². The van der Waals surface area contributed by atoms with Gasteiger partial charge in [0.15, 0.2) is 0 Å². The van der Waals surface area contributed by atoms with E-state index < -0.39 is 27.9 Å². The Labute approximate surface area is 108 Å². The molecule has 8 heteroatoms. The molecular formula is C10H11ClFNO4S. The van der Waals surface area contributed by atoms with Crippen LogP contribution < -0.4 is 5.14 Å². The molecular weight excluding hydrogens is 285 g/mol. The van der Waals surface area contributed by atoms with Crippen molar-refractivity contribution in [1.29, 1.82) is 0 Å². The maximum atomic E-state index is 13.5. The van der Waals surface area contributed by atoms with Crippen molar-refractivity contribution in [2.24, 2.45) is 5.14 Å². The summed E-state index contributed by atoms with van der Waals surface area (Å²) in [6.45, 7) is 0. The lowest BCUT2D eigenvalue weighted by atomic mass is 10.0. The van der Waals surface area contributed by atoms with E-state index in [-0.39, 0.29) is 22.6 Å². The molecule has 5 nitrogen and oxygen atoms in total. The number of carboxylic acid groups (broad SMARTS) is 1. The predicted octanol–water partition coefficient (Wildman–Crippen LogP) is 1.21. The van der Waals surface area contributed by atoms with E-state index in [9.17, 15) is 17.6 Å². The molecule has 0 amide bonds. The van der Waals surface area contributed by atoms with Crippen molar-refractivity contribution in [2.45, 2.75) is 12.6 Å². The Morgan fingerprint density at radius 3 is 2.61 bits per heavy atom. The Morgan fingerprint density at radius 2 is 2.11 bits per heavy atom. The zero-order chi connectivity index (χ0) is 13.9. The fraction of sp³-hybridized carbons (Fsp3) is 0.300. The van der Waals surface area contributed by atoms with Crippen LogP contribution in [0, 0.1) is 0 Å². The first kappa shape index (κ1) is 14.9. The third-order valence-electron chi connectivity index (χ3n) is 2.17. The maximum Gasteiger partial charge on any atom is 0.337 e. The predicted molar refractivity (Wildman–Crippen MR) is 65.0 cm³/mol. The number of primary sulfonamides is 1. The lowest BCUT2D eigenvalue weighted by Crippen LogP contribution is -2.25. The van der Waals surface area contributed by atoms with E-state index in [1.165, 1.54) is 18.2 Å². The van der Waals surface area contributed by atoms with Gasteiger partial charge in [0.1, 0.15) is 6.17 Å². The van der Waals surface area contributed by atoms with Gasteiger partial charge in [-0.3, -0.25) is 0 Å². The average molecular weight is 296 g/mol. The van der Waals surface area contributed by atoms with E-state index in [1.54, 1.807) is 0 Å². The van der Waals surface area contributed by atoms with Crippen molar-refractivity contribution < 1.29 is 22.7 Å². The summed E-state index contributed by atoms with van der Waals surface area (Å²) in [6, 6.07) is 4.21. The summed E-state index contributed by atoms with van der Waals surface area (Å²) in [5.41, 5.74) is -0.0950. The SMILES string of the molecule is NS(=O)(=O)CC(F)Cc1cccc(Cl)c1C(=O)O. The van der Waals surface area contributed by atoms with Crippen molar-refractivity contribution in [1.82, 2.24) is 0 Å². The van der Waals surface area contributed by atoms with E-state index >= 15 is 0 Å². The second-order valence-corrected chi connectivity index (χ2v) is 5.78. The Balaban J connectivity index is 2.98. The van der Waals surface area contributed by atoms with Crippen molar-refractivity contribution >= 4 is 27.6 Å². The molecule has 18 heavy (non-hydrogen) atoms. The molecule has 0 aromatic heterocycles. The summed E-state index contributed by atoms with van der Waals surface area (Å²) < 4.78 is 34.9. The molecule has 0 spiro atoms. The molecule has 100 valence electrons. The third kappa shape index (κ3) is 4.25. The van der Waals surface area contributed by atoms with Gasteiger partial charge in [0.25, 0.3) is 0 Å². The number of benzene rings is 1. The number of hydrogen-bond donors (Lipinski definition) is 2. The molecule has 0 aliphatic heterocycles. The Morgan fingerprint density at radius 1 is 1.50 bits per heavy atom. The van der Waals surface area contributed by atoms with Crippen LogP contribution in [-0.4, -0.2) is 31.4 Å². The van der Waals surface area contributed by atoms with Crippen molar-refractivity contribution in [3.05, 3.63) is 34.3 Å². The number of nitrogens with two attached hydrogens (primary N) is 1. The molecule has 3 N–H and O–H groups in total. The Bertz CT molecular complexity index is 561. The second-order valence-electron chi connectivity index (χ2n) is 3.71. The minimum absolute atomic E-state index is 0.0252. The van der Waals surface area contributed by atoms with Gasteiger partial charge in [0.05, 0.1) is 16.3 Å². The van der Waals surface area contributed by atoms with Gasteiger partial charge < -0.3 is 5.11 Å². The molecule has 1 atom stereocenters. The zero-order valence-corrected chi connectivity index (χ0v) is 10.7. The number of aromatic carboxylic acids is 1. The number of hydrogen-bond acceptors (Lipinski definition) is 3. The van der Waals surface area contributed by atoms with Gasteiger partial charge >= 0.3 is 5.97 Å². The first-order chi connectivity index (χ1) is 8.20. The van der Waals surface area contributed by atoms with Crippen LogP contribution in [0.1, 0.15) is 15.9 Å². The molecule has 0 aliphatic rings. The van der Waals surface area contributed by atoms with E-state index in [0.717, 1.165) is 0 Å². The Hall–Kier alpha value is -1.18. The van der Waals surface area contributed by atoms with Crippen LogP contribution in [0.2, 0.25) is 5.02 Å². The molecule has 0 fully saturated rings. The van der Waals surface area contributed by atoms with Crippen molar-refractivity contribution in [3.8, 4) is 0 Å². The highest BCUT2D eigenvalue weighted by molar-refractivity contribution is 7.89. The summed E-state index contributed by atoms with van der Waals surface area (Å²) in [6.07, 6.45) is -2.16. The smallest absolute Gasteiger partial charge is 0.337 e. The van der Waals surface area contributed by atoms with Gasteiger partial charge in [-0.1, -0.05) is 23.7 Å². The summed E-state index contributed by atoms with van der Waals surface area (Å²) >= 11 is 5.69. The fourth-order valence-corrected chi connectivity index (χ4v) is 2.42. The molecule has 1 rings (SSSR count). The van der Waals surface area contributed by atoms with Crippen molar-refractivity contribution in [3.63, 3.8) is 0 Å². The molecule has 0 saturated heterocycles. The quantitative estimate of drug-likeness (QED) is 0.853. The molecule has 0 aliphatic carbocycles. The van der Waals surface area contributed by atoms with Gasteiger partial charge in [0.2, 0.25) is 10.0 Å². The Kier molecular flexibility index (Phi) is 4.66. The number of carbonyl (C=O) groups is 1. The molecule has 1 unspecified atom stereocenters. The molecule has 0 saturated carbocycles. The first-order valence-corrected chi connectivity index (χ1v) is 6.95. The highest BCUT2D eigenvalue weighted by atomic mass is 35.5. The van der Waals surface area contributed by atoms with Gasteiger partial charge in [0, 0.05) is 6.42 Å². The van der Waals surface area contributed by atoms with Crippen LogP contribution in [-0.2, 0) is 16.4 Å². The number of halogens is 2. The summed E-state index contributed by atoms with van der Waals surface area (Å²) in [7, 11) is -3.94. The van der Waals surface area contributed by atoms with Crippen LogP contribution in [0.3, 0.4) is 0 Å². The summed E-state index contributed by atoms with van der Waals surface area (Å²) in [4.78, 5) is 11.0. The fourth-order valence-electron chi connectivity index (χ4n) is 1.53. The highest BCUT2D eigenvalue weighted by Gasteiger charge is 2.20. The second kappa shape index (κ2) is 5.64. The van der Waals surface area contributed by atoms with E-state index in [4.69, 9.17) is 21.8 Å². The number of alkyl halides is 1. The number of carboxylic acids is 1. The minimum atomic E-state index is -3.94. The minimum Gasteiger partial charge on any atom is -0.478 e. The zero-order valence-electron chi connectivity index (χ0n) is 9.14. The van der Waals surface area contributed by atoms with Crippen LogP contribution in [0.4, 0.5) is 4.39 Å². The van der Waals surface area contributed by atoms with Gasteiger partial charge in [-0.05, 0) is 11.6 Å². The monoisotopic (exact) mass is 295 g/mol. The van der Waals surface area contributed by atoms with Gasteiger partial charge in [-0.15, -0.1) is 0 Å². The summed E-state index contributed by atoms with van der Waals surface area (Å²) in [5.74, 6) is -2.16. The van der Waals surface area contributed by atoms with E-state index in [1.807, 2.05) is 0 Å². The maximum absolute atomic E-state index is 13.5. The largest absolute Gasteiger partial charge is 0.478 e. The summed E-state index contributed by atoms with van der Waals surface area (Å²) in [5, 5.41) is 13.6. The third-order valence-corrected chi connectivity index (χ3v) is 3.31. The standard InChI is InChI=1S/C10H11ClFNO4S/c11-8-3-1-2-6(9(8)10(14)15)4-7(12)5-18(13,16)17/h1-3,7H,4-5H2,(H,14,15)(H2,13,16,17). The van der Waals surface area contributed by atoms with Gasteiger partial charge in [-0.25, -0.2) is 22.7 Å². The van der Waals surface area contributed by atoms with Crippen LogP contribution >= 0.6 is 11.6 Å². The molecule has 0 radical (unpaired) electrons. The van der Waals surface area contributed by atoms with Gasteiger partial charge in [-0.2, -0.15) is 0 Å². The van der Waals surface area contributed by atoms with Crippen LogP contribution in [0.5, 0.6) is 0 Å².